The molecule has 3 rings (SSSR count). The SMILES string of the molecule is O=C(c1ccc(F)cc1)[C@H](C(=O)N(CCO)Cc1ccccc1)n1cc(Cl)ccc1=O. The van der Waals surface area contributed by atoms with E-state index in [1.54, 1.807) is 24.3 Å². The van der Waals surface area contributed by atoms with Crippen molar-refractivity contribution >= 4 is 23.3 Å². The second-order valence-corrected chi connectivity index (χ2v) is 7.27. The van der Waals surface area contributed by atoms with Gasteiger partial charge in [-0.2, -0.15) is 0 Å². The molecule has 1 amide bonds. The number of hydrogen-bond acceptors (Lipinski definition) is 4. The van der Waals surface area contributed by atoms with Gasteiger partial charge in [0.2, 0.25) is 0 Å². The fourth-order valence-corrected chi connectivity index (χ4v) is 3.34. The van der Waals surface area contributed by atoms with Crippen molar-refractivity contribution in [2.75, 3.05) is 13.2 Å². The number of carbonyl (C=O) groups is 2. The minimum absolute atomic E-state index is 0.0454. The molecule has 31 heavy (non-hydrogen) atoms. The molecule has 0 saturated heterocycles. The van der Waals surface area contributed by atoms with Crippen LogP contribution in [0.15, 0.2) is 77.7 Å². The molecular formula is C23H20ClFN2O4. The zero-order chi connectivity index (χ0) is 22.4. The summed E-state index contributed by atoms with van der Waals surface area (Å²) in [6.45, 7) is -0.251. The van der Waals surface area contributed by atoms with Crippen molar-refractivity contribution in [3.05, 3.63) is 105 Å². The molecule has 0 aliphatic heterocycles. The van der Waals surface area contributed by atoms with Crippen molar-refractivity contribution in [1.82, 2.24) is 9.47 Å². The average molecular weight is 443 g/mol. The molecule has 0 saturated carbocycles. The molecule has 0 unspecified atom stereocenters. The highest BCUT2D eigenvalue weighted by atomic mass is 35.5. The monoisotopic (exact) mass is 442 g/mol. The normalized spacial score (nSPS) is 11.7. The van der Waals surface area contributed by atoms with Gasteiger partial charge in [0.1, 0.15) is 5.82 Å². The van der Waals surface area contributed by atoms with Crippen molar-refractivity contribution < 1.29 is 19.1 Å². The lowest BCUT2D eigenvalue weighted by Gasteiger charge is -2.27. The third-order valence-electron chi connectivity index (χ3n) is 4.69. The maximum atomic E-state index is 13.5. The molecule has 1 heterocycles. The molecule has 160 valence electrons. The van der Waals surface area contributed by atoms with E-state index in [1.807, 2.05) is 6.07 Å². The highest BCUT2D eigenvalue weighted by Gasteiger charge is 2.34. The third kappa shape index (κ3) is 5.45. The van der Waals surface area contributed by atoms with Crippen LogP contribution in [0.25, 0.3) is 0 Å². The van der Waals surface area contributed by atoms with Gasteiger partial charge >= 0.3 is 0 Å². The number of rotatable bonds is 8. The smallest absolute Gasteiger partial charge is 0.254 e. The zero-order valence-corrected chi connectivity index (χ0v) is 17.2. The van der Waals surface area contributed by atoms with Crippen LogP contribution in [0.2, 0.25) is 5.02 Å². The van der Waals surface area contributed by atoms with E-state index < -0.39 is 29.1 Å². The Kier molecular flexibility index (Phi) is 7.33. The van der Waals surface area contributed by atoms with Gasteiger partial charge in [-0.05, 0) is 35.9 Å². The standard InChI is InChI=1S/C23H20ClFN2O4/c24-18-8-11-20(29)27(15-18)21(22(30)17-6-9-19(25)10-7-17)23(31)26(12-13-28)14-16-4-2-1-3-5-16/h1-11,15,21,28H,12-14H2/t21-/m1/s1. The summed E-state index contributed by atoms with van der Waals surface area (Å²) in [4.78, 5) is 40.6. The molecular weight excluding hydrogens is 423 g/mol. The van der Waals surface area contributed by atoms with Crippen LogP contribution in [0, 0.1) is 5.82 Å². The zero-order valence-electron chi connectivity index (χ0n) is 16.4. The van der Waals surface area contributed by atoms with Crippen LogP contribution in [0.4, 0.5) is 4.39 Å². The Morgan fingerprint density at radius 2 is 1.71 bits per heavy atom. The average Bonchev–Trinajstić information content (AvgIpc) is 2.77. The summed E-state index contributed by atoms with van der Waals surface area (Å²) in [7, 11) is 0. The number of aromatic nitrogens is 1. The first-order valence-electron chi connectivity index (χ1n) is 9.51. The Bertz CT molecular complexity index is 1120. The largest absolute Gasteiger partial charge is 0.395 e. The Balaban J connectivity index is 2.06. The highest BCUT2D eigenvalue weighted by Crippen LogP contribution is 2.20. The summed E-state index contributed by atoms with van der Waals surface area (Å²) in [5, 5.41) is 9.66. The van der Waals surface area contributed by atoms with E-state index in [9.17, 15) is 23.9 Å². The molecule has 8 heteroatoms. The van der Waals surface area contributed by atoms with Gasteiger partial charge in [-0.15, -0.1) is 0 Å². The minimum atomic E-state index is -1.56. The second-order valence-electron chi connectivity index (χ2n) is 6.84. The number of nitrogens with zero attached hydrogens (tertiary/aromatic N) is 2. The molecule has 3 aromatic rings. The number of hydrogen-bond donors (Lipinski definition) is 1. The number of halogens is 2. The molecule has 0 bridgehead atoms. The number of carbonyl (C=O) groups excluding carboxylic acids is 2. The van der Waals surface area contributed by atoms with E-state index in [-0.39, 0.29) is 30.3 Å². The van der Waals surface area contributed by atoms with Crippen molar-refractivity contribution in [2.24, 2.45) is 0 Å². The second kappa shape index (κ2) is 10.1. The van der Waals surface area contributed by atoms with E-state index >= 15 is 0 Å². The van der Waals surface area contributed by atoms with Gasteiger partial charge in [-0.1, -0.05) is 41.9 Å². The number of benzene rings is 2. The molecule has 0 fully saturated rings. The first-order valence-corrected chi connectivity index (χ1v) is 9.89. The molecule has 6 nitrogen and oxygen atoms in total. The van der Waals surface area contributed by atoms with E-state index in [0.29, 0.717) is 0 Å². The van der Waals surface area contributed by atoms with Crippen molar-refractivity contribution in [3.8, 4) is 0 Å². The fraction of sp³-hybridized carbons (Fsp3) is 0.174. The lowest BCUT2D eigenvalue weighted by molar-refractivity contribution is -0.134. The Labute approximate surface area is 183 Å². The fourth-order valence-electron chi connectivity index (χ4n) is 3.17. The molecule has 0 aliphatic carbocycles. The van der Waals surface area contributed by atoms with Crippen LogP contribution in [0.5, 0.6) is 0 Å². The lowest BCUT2D eigenvalue weighted by atomic mass is 10.0. The van der Waals surface area contributed by atoms with Crippen LogP contribution >= 0.6 is 11.6 Å². The first-order chi connectivity index (χ1) is 14.9. The number of aliphatic hydroxyl groups excluding tert-OH is 1. The molecule has 2 aromatic carbocycles. The molecule has 1 N–H and O–H groups in total. The Morgan fingerprint density at radius 1 is 1.03 bits per heavy atom. The van der Waals surface area contributed by atoms with Crippen LogP contribution in [-0.4, -0.2) is 39.4 Å². The summed E-state index contributed by atoms with van der Waals surface area (Å²) in [6.07, 6.45) is 1.22. The van der Waals surface area contributed by atoms with Gasteiger partial charge in [0.15, 0.2) is 11.8 Å². The number of aliphatic hydroxyl groups is 1. The number of Topliss-reactive ketones (excluding diaryl/α,β-unsaturated/α-hetero) is 1. The van der Waals surface area contributed by atoms with E-state index in [2.05, 4.69) is 0 Å². The Morgan fingerprint density at radius 3 is 2.35 bits per heavy atom. The first kappa shape index (κ1) is 22.4. The summed E-state index contributed by atoms with van der Waals surface area (Å²) in [5.41, 5.74) is 0.257. The van der Waals surface area contributed by atoms with Gasteiger partial charge in [-0.3, -0.25) is 19.0 Å². The molecule has 0 spiro atoms. The number of pyridine rings is 1. The van der Waals surface area contributed by atoms with Gasteiger partial charge in [0.05, 0.1) is 11.6 Å². The summed E-state index contributed by atoms with van der Waals surface area (Å²) < 4.78 is 14.3. The van der Waals surface area contributed by atoms with Gasteiger partial charge in [0.25, 0.3) is 11.5 Å². The molecule has 0 radical (unpaired) electrons. The maximum absolute atomic E-state index is 13.5. The number of amides is 1. The molecule has 1 atom stereocenters. The maximum Gasteiger partial charge on any atom is 0.254 e. The quantitative estimate of drug-likeness (QED) is 0.429. The highest BCUT2D eigenvalue weighted by molar-refractivity contribution is 6.30. The lowest BCUT2D eigenvalue weighted by Crippen LogP contribution is -2.44. The summed E-state index contributed by atoms with van der Waals surface area (Å²) >= 11 is 6.02. The van der Waals surface area contributed by atoms with Gasteiger partial charge in [-0.25, -0.2) is 4.39 Å². The van der Waals surface area contributed by atoms with E-state index in [1.165, 1.54) is 29.3 Å². The molecule has 1 aromatic heterocycles. The predicted molar refractivity (Wildman–Crippen MR) is 114 cm³/mol. The van der Waals surface area contributed by atoms with Crippen molar-refractivity contribution in [2.45, 2.75) is 12.6 Å². The van der Waals surface area contributed by atoms with E-state index in [0.717, 1.165) is 28.3 Å². The van der Waals surface area contributed by atoms with Crippen LogP contribution < -0.4 is 5.56 Å². The topological polar surface area (TPSA) is 79.6 Å². The van der Waals surface area contributed by atoms with Crippen molar-refractivity contribution in [1.29, 1.82) is 0 Å². The van der Waals surface area contributed by atoms with Crippen LogP contribution in [-0.2, 0) is 11.3 Å². The summed E-state index contributed by atoms with van der Waals surface area (Å²) in [5.74, 6) is -1.91. The Hall–Kier alpha value is -3.29. The van der Waals surface area contributed by atoms with Crippen molar-refractivity contribution in [3.63, 3.8) is 0 Å². The number of ketones is 1. The summed E-state index contributed by atoms with van der Waals surface area (Å²) in [6, 6.07) is 14.7. The molecule has 0 aliphatic rings. The van der Waals surface area contributed by atoms with Gasteiger partial charge in [0, 0.05) is 30.9 Å². The minimum Gasteiger partial charge on any atom is -0.395 e. The van der Waals surface area contributed by atoms with Crippen LogP contribution in [0.3, 0.4) is 0 Å². The van der Waals surface area contributed by atoms with E-state index in [4.69, 9.17) is 11.6 Å². The van der Waals surface area contributed by atoms with Gasteiger partial charge < -0.3 is 10.0 Å². The predicted octanol–water partition coefficient (Wildman–Crippen LogP) is 3.09. The van der Waals surface area contributed by atoms with Crippen LogP contribution in [0.1, 0.15) is 22.0 Å². The third-order valence-corrected chi connectivity index (χ3v) is 4.91.